The molecular weight excluding hydrogens is 508 g/mol. The molecule has 0 fully saturated rings. The van der Waals surface area contributed by atoms with Crippen LogP contribution in [-0.4, -0.2) is 34.8 Å². The summed E-state index contributed by atoms with van der Waals surface area (Å²) in [5.74, 6) is -0.913. The zero-order valence-corrected chi connectivity index (χ0v) is 20.5. The van der Waals surface area contributed by atoms with Crippen molar-refractivity contribution in [2.24, 2.45) is 0 Å². The van der Waals surface area contributed by atoms with Crippen molar-refractivity contribution in [3.05, 3.63) is 72.4 Å². The fourth-order valence-electron chi connectivity index (χ4n) is 3.89. The lowest BCUT2D eigenvalue weighted by atomic mass is 10.0. The summed E-state index contributed by atoms with van der Waals surface area (Å²) < 4.78 is 57.4. The Hall–Kier alpha value is -3.77. The van der Waals surface area contributed by atoms with E-state index in [0.717, 1.165) is 34.0 Å². The van der Waals surface area contributed by atoms with Crippen molar-refractivity contribution in [2.75, 3.05) is 15.8 Å². The molecule has 12 heteroatoms. The average molecular weight is 528 g/mol. The highest BCUT2D eigenvalue weighted by atomic mass is 32.2. The molecule has 1 aliphatic rings. The number of sulfonamides is 1. The molecule has 0 unspecified atom stereocenters. The molecular formula is C24H19F2N5O3S2. The van der Waals surface area contributed by atoms with E-state index in [-0.39, 0.29) is 11.6 Å². The fourth-order valence-corrected chi connectivity index (χ4v) is 6.13. The predicted octanol–water partition coefficient (Wildman–Crippen LogP) is 4.76. The lowest BCUT2D eigenvalue weighted by molar-refractivity contribution is -0.114. The van der Waals surface area contributed by atoms with Gasteiger partial charge in [0.05, 0.1) is 6.54 Å². The lowest BCUT2D eigenvalue weighted by Crippen LogP contribution is -2.15. The van der Waals surface area contributed by atoms with Gasteiger partial charge in [0, 0.05) is 35.7 Å². The summed E-state index contributed by atoms with van der Waals surface area (Å²) in [5.41, 5.74) is 2.99. The van der Waals surface area contributed by atoms with Crippen molar-refractivity contribution in [1.82, 2.24) is 14.8 Å². The van der Waals surface area contributed by atoms with Crippen LogP contribution in [0.5, 0.6) is 0 Å². The smallest absolute Gasteiger partial charge is 0.264 e. The van der Waals surface area contributed by atoms with Gasteiger partial charge in [0.15, 0.2) is 0 Å². The Morgan fingerprint density at radius 1 is 1.08 bits per heavy atom. The number of thioether (sulfide) groups is 1. The molecule has 0 saturated carbocycles. The molecule has 0 radical (unpaired) electrons. The summed E-state index contributed by atoms with van der Waals surface area (Å²) in [5, 5.41) is 8.37. The molecule has 1 aliphatic heterocycles. The fraction of sp³-hybridized carbons (Fsp3) is 0.125. The minimum Gasteiger partial charge on any atom is -0.311 e. The van der Waals surface area contributed by atoms with Crippen molar-refractivity contribution in [2.45, 2.75) is 23.4 Å². The van der Waals surface area contributed by atoms with E-state index >= 15 is 0 Å². The van der Waals surface area contributed by atoms with Gasteiger partial charge in [-0.25, -0.2) is 22.2 Å². The molecule has 2 aromatic heterocycles. The Morgan fingerprint density at radius 2 is 1.92 bits per heavy atom. The molecule has 0 aliphatic carbocycles. The van der Waals surface area contributed by atoms with Gasteiger partial charge < -0.3 is 5.32 Å². The topological polar surface area (TPSA) is 106 Å². The van der Waals surface area contributed by atoms with Gasteiger partial charge in [0.1, 0.15) is 33.1 Å². The van der Waals surface area contributed by atoms with Crippen LogP contribution in [0.4, 0.5) is 20.3 Å². The highest BCUT2D eigenvalue weighted by Crippen LogP contribution is 2.43. The summed E-state index contributed by atoms with van der Waals surface area (Å²) in [4.78, 5) is 14.9. The number of carbonyl (C=O) groups is 1. The quantitative estimate of drug-likeness (QED) is 0.375. The van der Waals surface area contributed by atoms with E-state index in [4.69, 9.17) is 5.10 Å². The Balaban J connectivity index is 1.55. The number of nitrogens with zero attached hydrogens (tertiary/aromatic N) is 3. The van der Waals surface area contributed by atoms with Crippen molar-refractivity contribution in [3.63, 3.8) is 0 Å². The maximum Gasteiger partial charge on any atom is 0.264 e. The van der Waals surface area contributed by atoms with Crippen LogP contribution in [0.15, 0.2) is 70.7 Å². The molecule has 5 rings (SSSR count). The van der Waals surface area contributed by atoms with Gasteiger partial charge in [-0.15, -0.1) is 11.8 Å². The third-order valence-corrected chi connectivity index (χ3v) is 7.84. The summed E-state index contributed by atoms with van der Waals surface area (Å²) in [6.45, 7) is 2.11. The van der Waals surface area contributed by atoms with Crippen molar-refractivity contribution < 1.29 is 22.0 Å². The van der Waals surface area contributed by atoms with E-state index in [0.29, 0.717) is 29.7 Å². The van der Waals surface area contributed by atoms with Gasteiger partial charge in [-0.3, -0.25) is 14.2 Å². The SMILES string of the molecule is CC(=O)Nc1cc(-c2c(-c3cccc(NS(=O)(=O)c4cc(F)ccc4F)c3)nn3c2SCC3)ccn1. The molecule has 0 bridgehead atoms. The highest BCUT2D eigenvalue weighted by Gasteiger charge is 2.26. The number of hydrogen-bond acceptors (Lipinski definition) is 6. The normalized spacial score (nSPS) is 12.9. The molecule has 0 saturated heterocycles. The van der Waals surface area contributed by atoms with Crippen molar-refractivity contribution in [1.29, 1.82) is 0 Å². The van der Waals surface area contributed by atoms with E-state index in [1.807, 2.05) is 10.7 Å². The van der Waals surface area contributed by atoms with Gasteiger partial charge in [-0.05, 0) is 48.0 Å². The number of nitrogens with one attached hydrogen (secondary N) is 2. The minimum atomic E-state index is -4.38. The molecule has 0 atom stereocenters. The monoisotopic (exact) mass is 527 g/mol. The number of rotatable bonds is 6. The van der Waals surface area contributed by atoms with Gasteiger partial charge in [0.2, 0.25) is 5.91 Å². The number of benzene rings is 2. The van der Waals surface area contributed by atoms with E-state index < -0.39 is 26.6 Å². The van der Waals surface area contributed by atoms with Gasteiger partial charge in [-0.2, -0.15) is 5.10 Å². The van der Waals surface area contributed by atoms with Gasteiger partial charge in [-0.1, -0.05) is 12.1 Å². The molecule has 2 aromatic carbocycles. The highest BCUT2D eigenvalue weighted by molar-refractivity contribution is 7.99. The zero-order chi connectivity index (χ0) is 25.4. The first-order chi connectivity index (χ1) is 17.2. The van der Waals surface area contributed by atoms with Crippen molar-refractivity contribution in [3.8, 4) is 22.4 Å². The lowest BCUT2D eigenvalue weighted by Gasteiger charge is -2.11. The van der Waals surface area contributed by atoms with Crippen LogP contribution in [0.3, 0.4) is 0 Å². The molecule has 0 spiro atoms. The maximum atomic E-state index is 14.1. The molecule has 184 valence electrons. The number of aryl methyl sites for hydroxylation is 1. The van der Waals surface area contributed by atoms with Crippen LogP contribution in [0, 0.1) is 11.6 Å². The molecule has 3 heterocycles. The first-order valence-electron chi connectivity index (χ1n) is 10.8. The number of amides is 1. The predicted molar refractivity (Wildman–Crippen MR) is 133 cm³/mol. The summed E-state index contributed by atoms with van der Waals surface area (Å²) in [6.07, 6.45) is 1.59. The number of aromatic nitrogens is 3. The van der Waals surface area contributed by atoms with E-state index in [9.17, 15) is 22.0 Å². The second-order valence-corrected chi connectivity index (χ2v) is 10.7. The van der Waals surface area contributed by atoms with Crippen LogP contribution in [0.2, 0.25) is 0 Å². The third kappa shape index (κ3) is 4.69. The number of anilines is 2. The number of halogens is 2. The number of fused-ring (bicyclic) bond motifs is 1. The first-order valence-corrected chi connectivity index (χ1v) is 13.2. The van der Waals surface area contributed by atoms with E-state index in [1.54, 1.807) is 42.2 Å². The van der Waals surface area contributed by atoms with Crippen molar-refractivity contribution >= 4 is 39.2 Å². The van der Waals surface area contributed by atoms with Crippen LogP contribution in [0.1, 0.15) is 6.92 Å². The minimum absolute atomic E-state index is 0.164. The Morgan fingerprint density at radius 3 is 2.72 bits per heavy atom. The largest absolute Gasteiger partial charge is 0.311 e. The van der Waals surface area contributed by atoms with Crippen LogP contribution in [0.25, 0.3) is 22.4 Å². The Kier molecular flexibility index (Phi) is 6.22. The Bertz CT molecular complexity index is 1610. The average Bonchev–Trinajstić information content (AvgIpc) is 3.42. The second kappa shape index (κ2) is 9.36. The van der Waals surface area contributed by atoms with Crippen LogP contribution >= 0.6 is 11.8 Å². The standard InChI is InChI=1S/C24H19F2N5O3S2/c1-14(32)28-21-12-15(7-8-27-21)22-23(29-31-9-10-35-24(22)31)16-3-2-4-18(11-16)30-36(33,34)20-13-17(25)5-6-19(20)26/h2-8,11-13,30H,9-10H2,1H3,(H,27,28,32). The zero-order valence-electron chi connectivity index (χ0n) is 18.8. The molecule has 36 heavy (non-hydrogen) atoms. The van der Waals surface area contributed by atoms with E-state index in [2.05, 4.69) is 15.0 Å². The third-order valence-electron chi connectivity index (χ3n) is 5.37. The summed E-state index contributed by atoms with van der Waals surface area (Å²) >= 11 is 1.64. The number of hydrogen-bond donors (Lipinski definition) is 2. The second-order valence-electron chi connectivity index (χ2n) is 7.97. The van der Waals surface area contributed by atoms with Crippen LogP contribution < -0.4 is 10.0 Å². The number of carbonyl (C=O) groups excluding carboxylic acids is 1. The number of pyridine rings is 1. The summed E-state index contributed by atoms with van der Waals surface area (Å²) in [7, 11) is -4.38. The molecule has 8 nitrogen and oxygen atoms in total. The molecule has 2 N–H and O–H groups in total. The molecule has 1 amide bonds. The summed E-state index contributed by atoms with van der Waals surface area (Å²) in [6, 6.07) is 12.3. The molecule has 4 aromatic rings. The van der Waals surface area contributed by atoms with Gasteiger partial charge in [0.25, 0.3) is 10.0 Å². The first kappa shape index (κ1) is 23.9. The van der Waals surface area contributed by atoms with Gasteiger partial charge >= 0.3 is 0 Å². The maximum absolute atomic E-state index is 14.1. The van der Waals surface area contributed by atoms with Crippen LogP contribution in [-0.2, 0) is 21.4 Å². The Labute approximate surface area is 209 Å². The van der Waals surface area contributed by atoms with E-state index in [1.165, 1.54) is 13.0 Å².